The Morgan fingerprint density at radius 1 is 0.962 bits per heavy atom. The quantitative estimate of drug-likeness (QED) is 0.757. The van der Waals surface area contributed by atoms with E-state index in [-0.39, 0.29) is 11.8 Å². The molecule has 26 heavy (non-hydrogen) atoms. The third-order valence-corrected chi connectivity index (χ3v) is 4.39. The number of rotatable bonds is 5. The van der Waals surface area contributed by atoms with Gasteiger partial charge in [0.25, 0.3) is 0 Å². The van der Waals surface area contributed by atoms with Crippen LogP contribution >= 0.6 is 11.6 Å². The minimum atomic E-state index is -0.453. The normalized spacial score (nSPS) is 11.1. The highest BCUT2D eigenvalue weighted by Gasteiger charge is 2.21. The van der Waals surface area contributed by atoms with E-state index in [1.54, 1.807) is 24.3 Å². The van der Waals surface area contributed by atoms with Gasteiger partial charge < -0.3 is 10.6 Å². The summed E-state index contributed by atoms with van der Waals surface area (Å²) >= 11 is 6.11. The monoisotopic (exact) mass is 372 g/mol. The molecule has 0 saturated heterocycles. The van der Waals surface area contributed by atoms with Gasteiger partial charge in [-0.25, -0.2) is 0 Å². The molecule has 0 atom stereocenters. The predicted octanol–water partition coefficient (Wildman–Crippen LogP) is 5.20. The first-order valence-corrected chi connectivity index (χ1v) is 8.99. The smallest absolute Gasteiger partial charge is 0.229 e. The second kappa shape index (κ2) is 8.37. The predicted molar refractivity (Wildman–Crippen MR) is 108 cm³/mol. The highest BCUT2D eigenvalue weighted by molar-refractivity contribution is 6.31. The van der Waals surface area contributed by atoms with E-state index in [0.717, 1.165) is 16.1 Å². The molecule has 138 valence electrons. The van der Waals surface area contributed by atoms with Crippen LogP contribution in [-0.4, -0.2) is 11.8 Å². The molecule has 0 bridgehead atoms. The molecule has 2 aromatic rings. The van der Waals surface area contributed by atoms with E-state index in [1.807, 2.05) is 45.9 Å². The molecule has 2 N–H and O–H groups in total. The van der Waals surface area contributed by atoms with Crippen molar-refractivity contribution in [1.29, 1.82) is 0 Å². The third-order valence-electron chi connectivity index (χ3n) is 3.98. The van der Waals surface area contributed by atoms with Crippen molar-refractivity contribution in [2.75, 3.05) is 10.6 Å². The molecule has 0 unspecified atom stereocenters. The van der Waals surface area contributed by atoms with E-state index in [1.165, 1.54) is 0 Å². The number of aryl methyl sites for hydroxylation is 2. The van der Waals surface area contributed by atoms with Crippen molar-refractivity contribution in [3.05, 3.63) is 58.6 Å². The van der Waals surface area contributed by atoms with Crippen molar-refractivity contribution in [2.45, 2.75) is 40.5 Å². The average Bonchev–Trinajstić information content (AvgIpc) is 2.57. The fraction of sp³-hybridized carbons (Fsp3) is 0.333. The number of amides is 2. The van der Waals surface area contributed by atoms with Gasteiger partial charge in [-0.2, -0.15) is 0 Å². The summed E-state index contributed by atoms with van der Waals surface area (Å²) in [7, 11) is 0. The van der Waals surface area contributed by atoms with Crippen LogP contribution in [0.1, 0.15) is 38.3 Å². The van der Waals surface area contributed by atoms with Gasteiger partial charge in [0.15, 0.2) is 0 Å². The van der Waals surface area contributed by atoms with Gasteiger partial charge in [0.05, 0.1) is 0 Å². The van der Waals surface area contributed by atoms with Crippen LogP contribution < -0.4 is 10.6 Å². The summed E-state index contributed by atoms with van der Waals surface area (Å²) in [5.74, 6) is -0.112. The zero-order chi connectivity index (χ0) is 19.3. The van der Waals surface area contributed by atoms with Crippen molar-refractivity contribution in [1.82, 2.24) is 0 Å². The second-order valence-corrected chi connectivity index (χ2v) is 7.82. The molecule has 5 heteroatoms. The molecule has 0 aromatic heterocycles. The first-order chi connectivity index (χ1) is 12.1. The highest BCUT2D eigenvalue weighted by atomic mass is 35.5. The summed E-state index contributed by atoms with van der Waals surface area (Å²) < 4.78 is 0. The van der Waals surface area contributed by atoms with Crippen LogP contribution in [0, 0.1) is 12.3 Å². The minimum Gasteiger partial charge on any atom is -0.326 e. The molecular formula is C21H25ClN2O2. The van der Waals surface area contributed by atoms with Gasteiger partial charge in [-0.05, 0) is 54.8 Å². The lowest BCUT2D eigenvalue weighted by Gasteiger charge is -2.17. The fourth-order valence-electron chi connectivity index (χ4n) is 2.23. The molecule has 2 rings (SSSR count). The molecule has 0 aliphatic rings. The Labute approximate surface area is 159 Å². The molecule has 0 radical (unpaired) electrons. The molecule has 0 heterocycles. The van der Waals surface area contributed by atoms with Crippen molar-refractivity contribution in [2.24, 2.45) is 5.41 Å². The number of hydrogen-bond donors (Lipinski definition) is 2. The topological polar surface area (TPSA) is 58.2 Å². The largest absolute Gasteiger partial charge is 0.326 e. The number of nitrogens with one attached hydrogen (secondary N) is 2. The SMILES string of the molecule is Cc1ccc(CCC(=O)Nc2ccc(NC(=O)C(C)(C)C)cc2)cc1Cl. The molecule has 0 saturated carbocycles. The average molecular weight is 373 g/mol. The summed E-state index contributed by atoms with van der Waals surface area (Å²) in [4.78, 5) is 24.1. The van der Waals surface area contributed by atoms with Crippen LogP contribution in [0.5, 0.6) is 0 Å². The van der Waals surface area contributed by atoms with E-state index < -0.39 is 5.41 Å². The lowest BCUT2D eigenvalue weighted by molar-refractivity contribution is -0.123. The van der Waals surface area contributed by atoms with E-state index in [0.29, 0.717) is 24.2 Å². The van der Waals surface area contributed by atoms with Gasteiger partial charge in [-0.15, -0.1) is 0 Å². The number of benzene rings is 2. The summed E-state index contributed by atoms with van der Waals surface area (Å²) in [6.07, 6.45) is 1.01. The molecule has 0 fully saturated rings. The Kier molecular flexibility index (Phi) is 6.43. The zero-order valence-electron chi connectivity index (χ0n) is 15.7. The third kappa shape index (κ3) is 5.88. The maximum Gasteiger partial charge on any atom is 0.229 e. The van der Waals surface area contributed by atoms with Crippen molar-refractivity contribution in [3.63, 3.8) is 0 Å². The van der Waals surface area contributed by atoms with E-state index in [9.17, 15) is 9.59 Å². The summed E-state index contributed by atoms with van der Waals surface area (Å²) in [5.41, 5.74) is 3.02. The number of anilines is 2. The maximum absolute atomic E-state index is 12.1. The lowest BCUT2D eigenvalue weighted by Crippen LogP contribution is -2.27. The van der Waals surface area contributed by atoms with Gasteiger partial charge in [0.2, 0.25) is 11.8 Å². The van der Waals surface area contributed by atoms with Crippen LogP contribution in [0.4, 0.5) is 11.4 Å². The number of carbonyl (C=O) groups excluding carboxylic acids is 2. The molecule has 0 aliphatic carbocycles. The van der Waals surface area contributed by atoms with Crippen molar-refractivity contribution < 1.29 is 9.59 Å². The van der Waals surface area contributed by atoms with Gasteiger partial charge in [0.1, 0.15) is 0 Å². The Hall–Kier alpha value is -2.33. The van der Waals surface area contributed by atoms with Crippen LogP contribution in [0.15, 0.2) is 42.5 Å². The molecule has 0 aliphatic heterocycles. The fourth-order valence-corrected chi connectivity index (χ4v) is 2.43. The van der Waals surface area contributed by atoms with E-state index >= 15 is 0 Å². The molecule has 2 amide bonds. The lowest BCUT2D eigenvalue weighted by atomic mass is 9.95. The van der Waals surface area contributed by atoms with Crippen LogP contribution in [0.3, 0.4) is 0 Å². The van der Waals surface area contributed by atoms with Gasteiger partial charge >= 0.3 is 0 Å². The van der Waals surface area contributed by atoms with Crippen LogP contribution in [-0.2, 0) is 16.0 Å². The minimum absolute atomic E-state index is 0.0500. The van der Waals surface area contributed by atoms with Gasteiger partial charge in [-0.3, -0.25) is 9.59 Å². The molecule has 2 aromatic carbocycles. The van der Waals surface area contributed by atoms with Crippen LogP contribution in [0.25, 0.3) is 0 Å². The Morgan fingerprint density at radius 2 is 1.54 bits per heavy atom. The van der Waals surface area contributed by atoms with Gasteiger partial charge in [-0.1, -0.05) is 44.5 Å². The Morgan fingerprint density at radius 3 is 2.08 bits per heavy atom. The van der Waals surface area contributed by atoms with E-state index in [4.69, 9.17) is 11.6 Å². The zero-order valence-corrected chi connectivity index (χ0v) is 16.4. The molecule has 0 spiro atoms. The standard InChI is InChI=1S/C21H25ClN2O2/c1-14-5-6-15(13-18(14)22)7-12-19(25)23-16-8-10-17(11-9-16)24-20(26)21(2,3)4/h5-6,8-11,13H,7,12H2,1-4H3,(H,23,25)(H,24,26). The highest BCUT2D eigenvalue weighted by Crippen LogP contribution is 2.20. The van der Waals surface area contributed by atoms with Crippen LogP contribution in [0.2, 0.25) is 5.02 Å². The van der Waals surface area contributed by atoms with Gasteiger partial charge in [0, 0.05) is 28.2 Å². The van der Waals surface area contributed by atoms with Crippen molar-refractivity contribution >= 4 is 34.8 Å². The molecule has 4 nitrogen and oxygen atoms in total. The Balaban J connectivity index is 1.87. The first-order valence-electron chi connectivity index (χ1n) is 8.61. The Bertz CT molecular complexity index is 793. The van der Waals surface area contributed by atoms with E-state index in [2.05, 4.69) is 10.6 Å². The second-order valence-electron chi connectivity index (χ2n) is 7.41. The summed E-state index contributed by atoms with van der Waals surface area (Å²) in [5, 5.41) is 6.44. The van der Waals surface area contributed by atoms with Crippen molar-refractivity contribution in [3.8, 4) is 0 Å². The number of carbonyl (C=O) groups is 2. The summed E-state index contributed by atoms with van der Waals surface area (Å²) in [6, 6.07) is 13.0. The molecular weight excluding hydrogens is 348 g/mol. The summed E-state index contributed by atoms with van der Waals surface area (Å²) in [6.45, 7) is 7.53. The maximum atomic E-state index is 12.1. The first kappa shape index (κ1) is 20.0. The number of halogens is 1. The number of hydrogen-bond acceptors (Lipinski definition) is 2.